The molecule has 2 aromatic heterocycles. The van der Waals surface area contributed by atoms with Crippen LogP contribution in [-0.2, 0) is 0 Å². The van der Waals surface area contributed by atoms with E-state index >= 15 is 0 Å². The highest BCUT2D eigenvalue weighted by Crippen LogP contribution is 2.37. The summed E-state index contributed by atoms with van der Waals surface area (Å²) in [4.78, 5) is 26.4. The van der Waals surface area contributed by atoms with E-state index < -0.39 is 0 Å². The van der Waals surface area contributed by atoms with Gasteiger partial charge in [0.1, 0.15) is 23.7 Å². The summed E-state index contributed by atoms with van der Waals surface area (Å²) in [5, 5.41) is 0.966. The molecule has 0 radical (unpaired) electrons. The highest BCUT2D eigenvalue weighted by atomic mass is 19.1. The lowest BCUT2D eigenvalue weighted by molar-refractivity contribution is 0.0746. The molecule has 0 atom stereocenters. The Bertz CT molecular complexity index is 1580. The van der Waals surface area contributed by atoms with Crippen molar-refractivity contribution in [2.75, 3.05) is 38.2 Å². The molecule has 38 heavy (non-hydrogen) atoms. The third-order valence-electron chi connectivity index (χ3n) is 6.96. The number of fused-ring (bicyclic) bond motifs is 1. The van der Waals surface area contributed by atoms with Crippen molar-refractivity contribution in [2.24, 2.45) is 0 Å². The number of hydrogen-bond donors (Lipinski definition) is 0. The Morgan fingerprint density at radius 1 is 0.868 bits per heavy atom. The van der Waals surface area contributed by atoms with Gasteiger partial charge < -0.3 is 19.1 Å². The zero-order chi connectivity index (χ0) is 26.1. The van der Waals surface area contributed by atoms with Crippen molar-refractivity contribution < 1.29 is 13.9 Å². The predicted octanol–water partition coefficient (Wildman–Crippen LogP) is 5.20. The van der Waals surface area contributed by atoms with Gasteiger partial charge in [0.2, 0.25) is 0 Å². The lowest BCUT2D eigenvalue weighted by Crippen LogP contribution is -2.49. The van der Waals surface area contributed by atoms with Gasteiger partial charge in [-0.05, 0) is 54.1 Å². The molecule has 0 spiro atoms. The topological polar surface area (TPSA) is 63.5 Å². The Morgan fingerprint density at radius 2 is 1.58 bits per heavy atom. The number of amides is 1. The van der Waals surface area contributed by atoms with Crippen LogP contribution >= 0.6 is 0 Å². The van der Waals surface area contributed by atoms with E-state index in [1.54, 1.807) is 13.4 Å². The van der Waals surface area contributed by atoms with Crippen molar-refractivity contribution in [1.82, 2.24) is 19.4 Å². The Kier molecular flexibility index (Phi) is 6.21. The average Bonchev–Trinajstić information content (AvgIpc) is 3.38. The molecule has 1 amide bonds. The summed E-state index contributed by atoms with van der Waals surface area (Å²) in [6, 6.07) is 23.8. The molecule has 8 heteroatoms. The molecule has 1 aliphatic heterocycles. The first-order valence-corrected chi connectivity index (χ1v) is 12.5. The average molecular weight is 508 g/mol. The third-order valence-corrected chi connectivity index (χ3v) is 6.96. The summed E-state index contributed by atoms with van der Waals surface area (Å²) >= 11 is 0. The fourth-order valence-electron chi connectivity index (χ4n) is 4.96. The van der Waals surface area contributed by atoms with Crippen LogP contribution in [0.4, 0.5) is 10.2 Å². The summed E-state index contributed by atoms with van der Waals surface area (Å²) < 4.78 is 20.7. The minimum Gasteiger partial charge on any atom is -0.497 e. The highest BCUT2D eigenvalue weighted by molar-refractivity contribution is 6.02. The van der Waals surface area contributed by atoms with E-state index in [1.807, 2.05) is 47.4 Å². The van der Waals surface area contributed by atoms with E-state index in [2.05, 4.69) is 27.8 Å². The molecule has 1 aliphatic rings. The van der Waals surface area contributed by atoms with Gasteiger partial charge in [-0.15, -0.1) is 0 Å². The van der Waals surface area contributed by atoms with Crippen LogP contribution in [0.3, 0.4) is 0 Å². The van der Waals surface area contributed by atoms with E-state index in [4.69, 9.17) is 14.7 Å². The Labute approximate surface area is 219 Å². The number of anilines is 1. The minimum atomic E-state index is -0.352. The number of carbonyl (C=O) groups excluding carboxylic acids is 1. The molecule has 0 bridgehead atoms. The molecule has 0 aliphatic carbocycles. The van der Waals surface area contributed by atoms with Gasteiger partial charge >= 0.3 is 0 Å². The summed E-state index contributed by atoms with van der Waals surface area (Å²) in [7, 11) is 1.65. The molecule has 7 nitrogen and oxygen atoms in total. The van der Waals surface area contributed by atoms with Gasteiger partial charge in [0, 0.05) is 49.2 Å². The smallest absolute Gasteiger partial charge is 0.253 e. The lowest BCUT2D eigenvalue weighted by atomic mass is 10.1. The molecular formula is C30H26FN5O2. The largest absolute Gasteiger partial charge is 0.497 e. The van der Waals surface area contributed by atoms with E-state index in [1.165, 1.54) is 24.3 Å². The van der Waals surface area contributed by atoms with Crippen LogP contribution in [0.15, 0.2) is 91.4 Å². The second kappa shape index (κ2) is 9.97. The molecule has 5 aromatic rings. The van der Waals surface area contributed by atoms with Gasteiger partial charge in [0.15, 0.2) is 5.65 Å². The fraction of sp³-hybridized carbons (Fsp3) is 0.167. The van der Waals surface area contributed by atoms with Gasteiger partial charge in [-0.1, -0.05) is 30.3 Å². The molecular weight excluding hydrogens is 481 g/mol. The number of hydrogen-bond acceptors (Lipinski definition) is 5. The van der Waals surface area contributed by atoms with Crippen molar-refractivity contribution in [3.63, 3.8) is 0 Å². The summed E-state index contributed by atoms with van der Waals surface area (Å²) in [6.07, 6.45) is 3.71. The quantitative estimate of drug-likeness (QED) is 0.327. The Hall–Kier alpha value is -4.72. The molecule has 6 rings (SSSR count). The van der Waals surface area contributed by atoms with Gasteiger partial charge in [-0.3, -0.25) is 4.79 Å². The molecule has 190 valence electrons. The van der Waals surface area contributed by atoms with Crippen molar-refractivity contribution >= 4 is 22.8 Å². The number of piperazine rings is 1. The molecule has 3 heterocycles. The Balaban J connectivity index is 1.36. The molecule has 1 saturated heterocycles. The number of halogens is 1. The standard InChI is InChI=1S/C30H26FN5O2/c1-38-25-13-11-24(12-14-25)36-19-26(21-5-3-2-4-6-21)27-28(32-20-33-29(27)36)34-15-17-35(18-16-34)30(37)22-7-9-23(31)10-8-22/h2-14,19-20H,15-18H2,1H3. The molecule has 0 unspecified atom stereocenters. The molecule has 0 N–H and O–H groups in total. The molecule has 1 fully saturated rings. The van der Waals surface area contributed by atoms with Crippen LogP contribution in [0.1, 0.15) is 10.4 Å². The van der Waals surface area contributed by atoms with E-state index in [0.717, 1.165) is 39.4 Å². The van der Waals surface area contributed by atoms with Gasteiger partial charge in [0.25, 0.3) is 5.91 Å². The van der Waals surface area contributed by atoms with Crippen molar-refractivity contribution in [3.8, 4) is 22.6 Å². The first-order chi connectivity index (χ1) is 18.6. The number of methoxy groups -OCH3 is 1. The summed E-state index contributed by atoms with van der Waals surface area (Å²) in [5.74, 6) is 1.19. The van der Waals surface area contributed by atoms with Gasteiger partial charge in [-0.2, -0.15) is 0 Å². The zero-order valence-electron chi connectivity index (χ0n) is 20.9. The minimum absolute atomic E-state index is 0.0897. The van der Waals surface area contributed by atoms with E-state index in [-0.39, 0.29) is 11.7 Å². The third kappa shape index (κ3) is 4.34. The number of carbonyl (C=O) groups is 1. The van der Waals surface area contributed by atoms with E-state index in [9.17, 15) is 9.18 Å². The van der Waals surface area contributed by atoms with Crippen molar-refractivity contribution in [3.05, 3.63) is 103 Å². The van der Waals surface area contributed by atoms with Crippen LogP contribution in [0.5, 0.6) is 5.75 Å². The maximum Gasteiger partial charge on any atom is 0.253 e. The van der Waals surface area contributed by atoms with Crippen LogP contribution in [0.2, 0.25) is 0 Å². The number of rotatable bonds is 5. The second-order valence-corrected chi connectivity index (χ2v) is 9.16. The SMILES string of the molecule is COc1ccc(-n2cc(-c3ccccc3)c3c(N4CCN(C(=O)c5ccc(F)cc5)CC4)ncnc32)cc1. The summed E-state index contributed by atoms with van der Waals surface area (Å²) in [6.45, 7) is 2.34. The number of nitrogens with zero attached hydrogens (tertiary/aromatic N) is 5. The van der Waals surface area contributed by atoms with Crippen LogP contribution in [0.25, 0.3) is 27.8 Å². The van der Waals surface area contributed by atoms with Gasteiger partial charge in [-0.25, -0.2) is 14.4 Å². The maximum absolute atomic E-state index is 13.3. The summed E-state index contributed by atoms with van der Waals surface area (Å²) in [5.41, 5.74) is 4.39. The number of aromatic nitrogens is 3. The Morgan fingerprint density at radius 3 is 2.26 bits per heavy atom. The maximum atomic E-state index is 13.3. The number of ether oxygens (including phenoxy) is 1. The van der Waals surface area contributed by atoms with E-state index in [0.29, 0.717) is 31.7 Å². The predicted molar refractivity (Wildman–Crippen MR) is 145 cm³/mol. The fourth-order valence-corrected chi connectivity index (χ4v) is 4.96. The zero-order valence-corrected chi connectivity index (χ0v) is 20.9. The first-order valence-electron chi connectivity index (χ1n) is 12.5. The molecule has 0 saturated carbocycles. The highest BCUT2D eigenvalue weighted by Gasteiger charge is 2.26. The van der Waals surface area contributed by atoms with Crippen LogP contribution < -0.4 is 9.64 Å². The van der Waals surface area contributed by atoms with Gasteiger partial charge in [0.05, 0.1) is 12.5 Å². The monoisotopic (exact) mass is 507 g/mol. The first kappa shape index (κ1) is 23.7. The second-order valence-electron chi connectivity index (χ2n) is 9.16. The van der Waals surface area contributed by atoms with Crippen LogP contribution in [0, 0.1) is 5.82 Å². The normalized spacial score (nSPS) is 13.6. The van der Waals surface area contributed by atoms with Crippen molar-refractivity contribution in [2.45, 2.75) is 0 Å². The van der Waals surface area contributed by atoms with Crippen LogP contribution in [-0.4, -0.2) is 58.6 Å². The molecule has 3 aromatic carbocycles. The van der Waals surface area contributed by atoms with Crippen molar-refractivity contribution in [1.29, 1.82) is 0 Å². The number of benzene rings is 3. The lowest BCUT2D eigenvalue weighted by Gasteiger charge is -2.35.